The van der Waals surface area contributed by atoms with Crippen molar-refractivity contribution in [3.05, 3.63) is 30.8 Å². The summed E-state index contributed by atoms with van der Waals surface area (Å²) in [5, 5.41) is 15.2. The van der Waals surface area contributed by atoms with E-state index in [0.717, 1.165) is 36.8 Å². The van der Waals surface area contributed by atoms with Crippen molar-refractivity contribution in [2.75, 3.05) is 6.61 Å². The molecule has 1 unspecified atom stereocenters. The van der Waals surface area contributed by atoms with Crippen molar-refractivity contribution in [2.45, 2.75) is 25.5 Å². The van der Waals surface area contributed by atoms with Gasteiger partial charge in [0.25, 0.3) is 0 Å². The molecule has 3 aromatic rings. The summed E-state index contributed by atoms with van der Waals surface area (Å²) in [4.78, 5) is 3.94. The van der Waals surface area contributed by atoms with Crippen molar-refractivity contribution in [2.24, 2.45) is 0 Å². The van der Waals surface area contributed by atoms with E-state index in [0.29, 0.717) is 11.5 Å². The Morgan fingerprint density at radius 1 is 1.29 bits per heavy atom. The zero-order valence-electron chi connectivity index (χ0n) is 11.4. The van der Waals surface area contributed by atoms with E-state index in [9.17, 15) is 5.11 Å². The van der Waals surface area contributed by atoms with E-state index >= 15 is 0 Å². The van der Waals surface area contributed by atoms with Crippen LogP contribution in [-0.4, -0.2) is 26.5 Å². The second-order valence-electron chi connectivity index (χ2n) is 5.18. The van der Waals surface area contributed by atoms with Gasteiger partial charge in [-0.3, -0.25) is 0 Å². The molecule has 108 valence electrons. The van der Waals surface area contributed by atoms with Crippen molar-refractivity contribution in [3.8, 4) is 17.2 Å². The SMILES string of the molecule is Oc1ccc2c(c1)c(-c1cnco1)nn2C1CCCCO1. The van der Waals surface area contributed by atoms with Gasteiger partial charge in [-0.25, -0.2) is 9.67 Å². The number of phenols is 1. The molecule has 2 aromatic heterocycles. The van der Waals surface area contributed by atoms with Crippen LogP contribution >= 0.6 is 0 Å². The van der Waals surface area contributed by atoms with E-state index in [1.54, 1.807) is 18.3 Å². The van der Waals surface area contributed by atoms with Gasteiger partial charge in [0.15, 0.2) is 18.4 Å². The van der Waals surface area contributed by atoms with Gasteiger partial charge in [0.2, 0.25) is 0 Å². The number of aromatic nitrogens is 3. The number of ether oxygens (including phenoxy) is 1. The molecule has 6 heteroatoms. The van der Waals surface area contributed by atoms with E-state index in [1.165, 1.54) is 6.39 Å². The monoisotopic (exact) mass is 285 g/mol. The van der Waals surface area contributed by atoms with Crippen LogP contribution in [0.1, 0.15) is 25.5 Å². The fourth-order valence-electron chi connectivity index (χ4n) is 2.78. The molecule has 0 saturated carbocycles. The number of phenolic OH excluding ortho intramolecular Hbond substituents is 1. The molecule has 1 N–H and O–H groups in total. The molecule has 0 amide bonds. The molecule has 21 heavy (non-hydrogen) atoms. The molecule has 1 saturated heterocycles. The lowest BCUT2D eigenvalue weighted by Gasteiger charge is -2.23. The second kappa shape index (κ2) is 4.89. The number of hydrogen-bond donors (Lipinski definition) is 1. The predicted molar refractivity (Wildman–Crippen MR) is 75.7 cm³/mol. The second-order valence-corrected chi connectivity index (χ2v) is 5.18. The number of rotatable bonds is 2. The van der Waals surface area contributed by atoms with Gasteiger partial charge < -0.3 is 14.3 Å². The minimum Gasteiger partial charge on any atom is -0.508 e. The van der Waals surface area contributed by atoms with E-state index < -0.39 is 0 Å². The highest BCUT2D eigenvalue weighted by molar-refractivity contribution is 5.92. The van der Waals surface area contributed by atoms with Crippen molar-refractivity contribution < 1.29 is 14.3 Å². The Balaban J connectivity index is 1.91. The predicted octanol–water partition coefficient (Wildman–Crippen LogP) is 3.10. The van der Waals surface area contributed by atoms with Crippen molar-refractivity contribution in [1.29, 1.82) is 0 Å². The first-order valence-corrected chi connectivity index (χ1v) is 7.04. The van der Waals surface area contributed by atoms with Crippen LogP contribution in [0.5, 0.6) is 5.75 Å². The van der Waals surface area contributed by atoms with Crippen molar-refractivity contribution >= 4 is 10.9 Å². The van der Waals surface area contributed by atoms with Gasteiger partial charge >= 0.3 is 0 Å². The van der Waals surface area contributed by atoms with Gasteiger partial charge in [-0.15, -0.1) is 0 Å². The molecule has 0 bridgehead atoms. The minimum atomic E-state index is -0.0672. The highest BCUT2D eigenvalue weighted by atomic mass is 16.5. The first-order chi connectivity index (χ1) is 10.3. The standard InChI is InChI=1S/C15H15N3O3/c19-10-4-5-12-11(7-10)15(13-8-16-9-21-13)17-18(12)14-3-1-2-6-20-14/h4-5,7-9,14,19H,1-3,6H2. The lowest BCUT2D eigenvalue weighted by atomic mass is 10.1. The maximum Gasteiger partial charge on any atom is 0.181 e. The normalized spacial score (nSPS) is 19.1. The number of oxazole rings is 1. The largest absolute Gasteiger partial charge is 0.508 e. The van der Waals surface area contributed by atoms with Crippen LogP contribution in [-0.2, 0) is 4.74 Å². The Morgan fingerprint density at radius 2 is 2.24 bits per heavy atom. The Kier molecular flexibility index (Phi) is 2.89. The molecule has 1 atom stereocenters. The quantitative estimate of drug-likeness (QED) is 0.783. The minimum absolute atomic E-state index is 0.0672. The van der Waals surface area contributed by atoms with Gasteiger partial charge in [0.1, 0.15) is 11.4 Å². The number of fused-ring (bicyclic) bond motifs is 1. The summed E-state index contributed by atoms with van der Waals surface area (Å²) in [6, 6.07) is 5.21. The van der Waals surface area contributed by atoms with Gasteiger partial charge in [-0.1, -0.05) is 0 Å². The molecule has 6 nitrogen and oxygen atoms in total. The third-order valence-electron chi connectivity index (χ3n) is 3.78. The Morgan fingerprint density at radius 3 is 3.00 bits per heavy atom. The third kappa shape index (κ3) is 2.08. The molecular formula is C15H15N3O3. The van der Waals surface area contributed by atoms with Crippen LogP contribution in [0.3, 0.4) is 0 Å². The fraction of sp³-hybridized carbons (Fsp3) is 0.333. The lowest BCUT2D eigenvalue weighted by molar-refractivity contribution is -0.0365. The van der Waals surface area contributed by atoms with Crippen LogP contribution in [0.25, 0.3) is 22.4 Å². The van der Waals surface area contributed by atoms with Crippen molar-refractivity contribution in [3.63, 3.8) is 0 Å². The summed E-state index contributed by atoms with van der Waals surface area (Å²) in [5.74, 6) is 0.785. The summed E-state index contributed by atoms with van der Waals surface area (Å²) >= 11 is 0. The molecule has 3 heterocycles. The zero-order chi connectivity index (χ0) is 14.2. The lowest BCUT2D eigenvalue weighted by Crippen LogP contribution is -2.19. The number of benzene rings is 1. The van der Waals surface area contributed by atoms with Crippen molar-refractivity contribution in [1.82, 2.24) is 14.8 Å². The average molecular weight is 285 g/mol. The van der Waals surface area contributed by atoms with E-state index in [4.69, 9.17) is 9.15 Å². The highest BCUT2D eigenvalue weighted by Gasteiger charge is 2.22. The first kappa shape index (κ1) is 12.4. The molecule has 1 aliphatic rings. The smallest absolute Gasteiger partial charge is 0.181 e. The molecule has 1 aliphatic heterocycles. The summed E-state index contributed by atoms with van der Waals surface area (Å²) in [7, 11) is 0. The summed E-state index contributed by atoms with van der Waals surface area (Å²) in [5.41, 5.74) is 1.60. The topological polar surface area (TPSA) is 73.3 Å². The Hall–Kier alpha value is -2.34. The molecule has 0 radical (unpaired) electrons. The van der Waals surface area contributed by atoms with Crippen LogP contribution in [0, 0.1) is 0 Å². The number of aromatic hydroxyl groups is 1. The average Bonchev–Trinajstić information content (AvgIpc) is 3.14. The maximum atomic E-state index is 9.76. The number of nitrogens with zero attached hydrogens (tertiary/aromatic N) is 3. The molecular weight excluding hydrogens is 270 g/mol. The van der Waals surface area contributed by atoms with Crippen LogP contribution in [0.2, 0.25) is 0 Å². The van der Waals surface area contributed by atoms with E-state index in [2.05, 4.69) is 10.1 Å². The van der Waals surface area contributed by atoms with Crippen LogP contribution in [0.4, 0.5) is 0 Å². The van der Waals surface area contributed by atoms with E-state index in [1.807, 2.05) is 10.7 Å². The Bertz CT molecular complexity index is 758. The molecule has 1 aromatic carbocycles. The third-order valence-corrected chi connectivity index (χ3v) is 3.78. The molecule has 0 aliphatic carbocycles. The van der Waals surface area contributed by atoms with Crippen LogP contribution < -0.4 is 0 Å². The van der Waals surface area contributed by atoms with Crippen LogP contribution in [0.15, 0.2) is 35.2 Å². The molecule has 4 rings (SSSR count). The maximum absolute atomic E-state index is 9.76. The molecule has 1 fully saturated rings. The number of hydrogen-bond acceptors (Lipinski definition) is 5. The molecule has 0 spiro atoms. The van der Waals surface area contributed by atoms with Gasteiger partial charge in [0.05, 0.1) is 11.7 Å². The highest BCUT2D eigenvalue weighted by Crippen LogP contribution is 2.34. The Labute approximate surface area is 121 Å². The van der Waals surface area contributed by atoms with E-state index in [-0.39, 0.29) is 12.0 Å². The van der Waals surface area contributed by atoms with Gasteiger partial charge in [-0.05, 0) is 37.5 Å². The summed E-state index contributed by atoms with van der Waals surface area (Å²) in [6.07, 6.45) is 6.08. The zero-order valence-corrected chi connectivity index (χ0v) is 11.4. The van der Waals surface area contributed by atoms with Gasteiger partial charge in [-0.2, -0.15) is 5.10 Å². The first-order valence-electron chi connectivity index (χ1n) is 7.04. The summed E-state index contributed by atoms with van der Waals surface area (Å²) < 4.78 is 13.1. The van der Waals surface area contributed by atoms with Gasteiger partial charge in [0, 0.05) is 12.0 Å². The summed E-state index contributed by atoms with van der Waals surface area (Å²) in [6.45, 7) is 0.752. The fourth-order valence-corrected chi connectivity index (χ4v) is 2.78.